The number of H-pyrrole nitrogens is 1. The molecule has 0 aliphatic carbocycles. The molecule has 158 valence electrons. The van der Waals surface area contributed by atoms with Gasteiger partial charge >= 0.3 is 0 Å². The van der Waals surface area contributed by atoms with Crippen molar-refractivity contribution in [1.29, 1.82) is 0 Å². The number of aromatic nitrogens is 3. The Morgan fingerprint density at radius 2 is 1.97 bits per heavy atom. The summed E-state index contributed by atoms with van der Waals surface area (Å²) in [7, 11) is 1.65. The largest absolute Gasteiger partial charge is 0.497 e. The molecule has 0 amide bonds. The van der Waals surface area contributed by atoms with Crippen LogP contribution < -0.4 is 20.1 Å². The number of aromatic amines is 1. The summed E-state index contributed by atoms with van der Waals surface area (Å²) in [4.78, 5) is 12.6. The van der Waals surface area contributed by atoms with E-state index in [2.05, 4.69) is 26.7 Å². The first-order valence-corrected chi connectivity index (χ1v) is 10.5. The monoisotopic (exact) mass is 415 g/mol. The average molecular weight is 415 g/mol. The molecule has 1 aliphatic heterocycles. The van der Waals surface area contributed by atoms with Crippen molar-refractivity contribution in [3.63, 3.8) is 0 Å². The first-order valence-electron chi connectivity index (χ1n) is 10.5. The number of hydrogen-bond donors (Lipinski definition) is 3. The quantitative estimate of drug-likeness (QED) is 0.409. The number of fused-ring (bicyclic) bond motifs is 1. The molecule has 0 radical (unpaired) electrons. The third-order valence-electron chi connectivity index (χ3n) is 5.54. The highest BCUT2D eigenvalue weighted by molar-refractivity contribution is 5.84. The fraction of sp³-hybridized carbons (Fsp3) is 0.250. The summed E-state index contributed by atoms with van der Waals surface area (Å²) in [6, 6.07) is 16.1. The third-order valence-corrected chi connectivity index (χ3v) is 5.54. The molecular formula is C24H25N5O2. The van der Waals surface area contributed by atoms with Gasteiger partial charge in [-0.3, -0.25) is 0 Å². The smallest absolute Gasteiger partial charge is 0.246 e. The number of methoxy groups -OCH3 is 1. The summed E-state index contributed by atoms with van der Waals surface area (Å²) in [6.45, 7) is 1.87. The van der Waals surface area contributed by atoms with Gasteiger partial charge in [-0.2, -0.15) is 4.98 Å². The average Bonchev–Trinajstić information content (AvgIpc) is 3.50. The lowest BCUT2D eigenvalue weighted by Crippen LogP contribution is -2.29. The molecule has 2 aromatic carbocycles. The van der Waals surface area contributed by atoms with Crippen molar-refractivity contribution in [3.8, 4) is 28.8 Å². The van der Waals surface area contributed by atoms with Crippen LogP contribution in [0.4, 0.5) is 5.69 Å². The van der Waals surface area contributed by atoms with Gasteiger partial charge < -0.3 is 25.1 Å². The van der Waals surface area contributed by atoms with Crippen molar-refractivity contribution in [2.75, 3.05) is 25.5 Å². The second-order valence-electron chi connectivity index (χ2n) is 7.64. The van der Waals surface area contributed by atoms with E-state index in [1.165, 1.54) is 6.42 Å². The highest BCUT2D eigenvalue weighted by atomic mass is 16.5. The molecule has 4 aromatic rings. The minimum atomic E-state index is 0.449. The Hall–Kier alpha value is -3.58. The normalized spacial score (nSPS) is 15.8. The second-order valence-corrected chi connectivity index (χ2v) is 7.64. The van der Waals surface area contributed by atoms with E-state index in [1.54, 1.807) is 13.3 Å². The van der Waals surface area contributed by atoms with Crippen LogP contribution in [0.3, 0.4) is 0 Å². The number of nitrogens with zero attached hydrogens (tertiary/aromatic N) is 2. The molecule has 1 aliphatic rings. The summed E-state index contributed by atoms with van der Waals surface area (Å²) in [5.41, 5.74) is 2.80. The lowest BCUT2D eigenvalue weighted by atomic mass is 10.1. The van der Waals surface area contributed by atoms with Crippen LogP contribution >= 0.6 is 0 Å². The van der Waals surface area contributed by atoms with E-state index in [1.807, 2.05) is 48.7 Å². The Morgan fingerprint density at radius 3 is 2.77 bits per heavy atom. The Labute approximate surface area is 180 Å². The first-order chi connectivity index (χ1) is 15.3. The van der Waals surface area contributed by atoms with Crippen molar-refractivity contribution >= 4 is 16.6 Å². The SMILES string of the molecule is COc1ccc(Oc2nc(-c3ccc4[nH]ccc4c3)ncc2NC[C@@H]2CCCN2)cc1. The molecule has 1 atom stereocenters. The van der Waals surface area contributed by atoms with Gasteiger partial charge in [-0.15, -0.1) is 0 Å². The molecule has 1 fully saturated rings. The second kappa shape index (κ2) is 8.65. The number of nitrogens with one attached hydrogen (secondary N) is 3. The van der Waals surface area contributed by atoms with Gasteiger partial charge in [0.25, 0.3) is 0 Å². The van der Waals surface area contributed by atoms with E-state index in [4.69, 9.17) is 14.5 Å². The Bertz CT molecular complexity index is 1170. The van der Waals surface area contributed by atoms with E-state index in [0.717, 1.165) is 47.4 Å². The van der Waals surface area contributed by atoms with Crippen LogP contribution in [0.2, 0.25) is 0 Å². The number of benzene rings is 2. The van der Waals surface area contributed by atoms with Gasteiger partial charge in [0.05, 0.1) is 13.3 Å². The van der Waals surface area contributed by atoms with Crippen molar-refractivity contribution in [3.05, 3.63) is 60.9 Å². The van der Waals surface area contributed by atoms with Gasteiger partial charge in [0, 0.05) is 35.2 Å². The maximum absolute atomic E-state index is 6.16. The van der Waals surface area contributed by atoms with Crippen LogP contribution in [0.5, 0.6) is 17.4 Å². The predicted molar refractivity (Wildman–Crippen MR) is 122 cm³/mol. The maximum atomic E-state index is 6.16. The molecule has 5 rings (SSSR count). The summed E-state index contributed by atoms with van der Waals surface area (Å²) in [5.74, 6) is 2.59. The number of hydrogen-bond acceptors (Lipinski definition) is 6. The van der Waals surface area contributed by atoms with E-state index in [0.29, 0.717) is 23.5 Å². The Morgan fingerprint density at radius 1 is 1.10 bits per heavy atom. The molecule has 0 unspecified atom stereocenters. The zero-order chi connectivity index (χ0) is 21.0. The van der Waals surface area contributed by atoms with Crippen molar-refractivity contribution in [1.82, 2.24) is 20.3 Å². The van der Waals surface area contributed by atoms with Gasteiger partial charge in [0.15, 0.2) is 5.82 Å². The molecule has 0 saturated carbocycles. The van der Waals surface area contributed by atoms with E-state index in [9.17, 15) is 0 Å². The number of anilines is 1. The zero-order valence-electron chi connectivity index (χ0n) is 17.4. The molecule has 0 spiro atoms. The molecule has 31 heavy (non-hydrogen) atoms. The predicted octanol–water partition coefficient (Wildman–Crippen LogP) is 4.59. The maximum Gasteiger partial charge on any atom is 0.246 e. The minimum absolute atomic E-state index is 0.449. The van der Waals surface area contributed by atoms with Crippen LogP contribution in [0, 0.1) is 0 Å². The van der Waals surface area contributed by atoms with Gasteiger partial charge in [-0.1, -0.05) is 0 Å². The van der Waals surface area contributed by atoms with Crippen LogP contribution in [-0.2, 0) is 0 Å². The lowest BCUT2D eigenvalue weighted by Gasteiger charge is -2.16. The molecular weight excluding hydrogens is 390 g/mol. The highest BCUT2D eigenvalue weighted by Crippen LogP contribution is 2.31. The van der Waals surface area contributed by atoms with Crippen LogP contribution in [-0.4, -0.2) is 41.2 Å². The van der Waals surface area contributed by atoms with Gasteiger partial charge in [0.2, 0.25) is 5.88 Å². The van der Waals surface area contributed by atoms with E-state index in [-0.39, 0.29) is 0 Å². The Kier molecular flexibility index (Phi) is 5.41. The topological polar surface area (TPSA) is 84.1 Å². The van der Waals surface area contributed by atoms with Gasteiger partial charge in [-0.05, 0) is 67.9 Å². The standard InChI is InChI=1S/C24H25N5O2/c1-30-19-5-7-20(8-6-19)31-24-22(27-14-18-3-2-11-25-18)15-28-23(29-24)17-4-9-21-16(13-17)10-12-26-21/h4-10,12-13,15,18,25-27H,2-3,11,14H2,1H3/t18-/m0/s1. The molecule has 2 aromatic heterocycles. The summed E-state index contributed by atoms with van der Waals surface area (Å²) in [6.07, 6.45) is 6.10. The Balaban J connectivity index is 1.45. The molecule has 7 nitrogen and oxygen atoms in total. The third kappa shape index (κ3) is 4.32. The van der Waals surface area contributed by atoms with Crippen molar-refractivity contribution in [2.24, 2.45) is 0 Å². The molecule has 3 N–H and O–H groups in total. The number of ether oxygens (including phenoxy) is 2. The van der Waals surface area contributed by atoms with Crippen LogP contribution in [0.1, 0.15) is 12.8 Å². The van der Waals surface area contributed by atoms with E-state index >= 15 is 0 Å². The van der Waals surface area contributed by atoms with Gasteiger partial charge in [0.1, 0.15) is 17.2 Å². The van der Waals surface area contributed by atoms with E-state index < -0.39 is 0 Å². The number of rotatable bonds is 7. The molecule has 0 bridgehead atoms. The summed E-state index contributed by atoms with van der Waals surface area (Å²) >= 11 is 0. The van der Waals surface area contributed by atoms with Crippen molar-refractivity contribution in [2.45, 2.75) is 18.9 Å². The fourth-order valence-corrected chi connectivity index (χ4v) is 3.82. The molecule has 3 heterocycles. The summed E-state index contributed by atoms with van der Waals surface area (Å²) in [5, 5.41) is 8.08. The van der Waals surface area contributed by atoms with Crippen LogP contribution in [0.25, 0.3) is 22.3 Å². The summed E-state index contributed by atoms with van der Waals surface area (Å²) < 4.78 is 11.4. The highest BCUT2D eigenvalue weighted by Gasteiger charge is 2.16. The first kappa shape index (κ1) is 19.4. The lowest BCUT2D eigenvalue weighted by molar-refractivity contribution is 0.412. The molecule has 7 heteroatoms. The van der Waals surface area contributed by atoms with Crippen LogP contribution in [0.15, 0.2) is 60.9 Å². The molecule has 1 saturated heterocycles. The minimum Gasteiger partial charge on any atom is -0.497 e. The fourth-order valence-electron chi connectivity index (χ4n) is 3.82. The van der Waals surface area contributed by atoms with Gasteiger partial charge in [-0.25, -0.2) is 4.98 Å². The zero-order valence-corrected chi connectivity index (χ0v) is 17.4. The van der Waals surface area contributed by atoms with Crippen molar-refractivity contribution < 1.29 is 9.47 Å².